The fraction of sp³-hybridized carbons (Fsp3) is 0.556. The van der Waals surface area contributed by atoms with Gasteiger partial charge in [-0.3, -0.25) is 4.79 Å². The second kappa shape index (κ2) is 9.17. The monoisotopic (exact) mass is 543 g/mol. The van der Waals surface area contributed by atoms with E-state index >= 15 is 0 Å². The van der Waals surface area contributed by atoms with Crippen LogP contribution in [0.5, 0.6) is 0 Å². The van der Waals surface area contributed by atoms with Crippen molar-refractivity contribution in [2.24, 2.45) is 22.9 Å². The molecule has 2 heterocycles. The van der Waals surface area contributed by atoms with Gasteiger partial charge in [0.25, 0.3) is 5.91 Å². The first kappa shape index (κ1) is 25.5. The number of nitrogens with zero attached hydrogens (tertiary/aromatic N) is 3. The van der Waals surface area contributed by atoms with Gasteiger partial charge < -0.3 is 20.2 Å². The first-order chi connectivity index (χ1) is 18.0. The lowest BCUT2D eigenvalue weighted by molar-refractivity contribution is -0.136. The molecule has 11 heteroatoms. The number of piperazine rings is 1. The molecule has 7 rings (SSSR count). The maximum absolute atomic E-state index is 14.4. The molecule has 1 aromatic carbocycles. The summed E-state index contributed by atoms with van der Waals surface area (Å²) in [4.78, 5) is 21.6. The van der Waals surface area contributed by atoms with Gasteiger partial charge in [0.2, 0.25) is 10.0 Å². The van der Waals surface area contributed by atoms with E-state index in [9.17, 15) is 22.7 Å². The quantitative estimate of drug-likeness (QED) is 0.528. The highest BCUT2D eigenvalue weighted by atomic mass is 32.2. The normalized spacial score (nSPS) is 32.5. The van der Waals surface area contributed by atoms with Crippen LogP contribution in [0, 0.1) is 23.6 Å². The molecular weight excluding hydrogens is 509 g/mol. The third-order valence-corrected chi connectivity index (χ3v) is 9.96. The van der Waals surface area contributed by atoms with E-state index in [1.165, 1.54) is 12.1 Å². The summed E-state index contributed by atoms with van der Waals surface area (Å²) in [5.74, 6) is 0.905. The lowest BCUT2D eigenvalue weighted by atomic mass is 9.52. The summed E-state index contributed by atoms with van der Waals surface area (Å²) in [6, 6.07) is 9.54. The molecule has 1 aromatic heterocycles. The van der Waals surface area contributed by atoms with Crippen molar-refractivity contribution in [3.05, 3.63) is 47.9 Å². The van der Waals surface area contributed by atoms with Gasteiger partial charge in [0.15, 0.2) is 0 Å². The number of halogens is 1. The van der Waals surface area contributed by atoms with E-state index in [-0.39, 0.29) is 18.0 Å². The fourth-order valence-corrected chi connectivity index (χ4v) is 8.19. The van der Waals surface area contributed by atoms with Gasteiger partial charge in [0, 0.05) is 37.4 Å². The third kappa shape index (κ3) is 4.65. The Kier molecular flexibility index (Phi) is 6.16. The molecule has 4 saturated carbocycles. The summed E-state index contributed by atoms with van der Waals surface area (Å²) in [7, 11) is -4.12. The number of aliphatic hydroxyl groups is 1. The number of pyridine rings is 1. The van der Waals surface area contributed by atoms with E-state index in [1.54, 1.807) is 12.1 Å². The van der Waals surface area contributed by atoms with Crippen molar-refractivity contribution < 1.29 is 22.7 Å². The summed E-state index contributed by atoms with van der Waals surface area (Å²) in [5, 5.41) is 19.2. The van der Waals surface area contributed by atoms with Crippen LogP contribution < -0.4 is 20.3 Å². The second-order valence-corrected chi connectivity index (χ2v) is 13.3. The first-order valence-electron chi connectivity index (χ1n) is 13.3. The van der Waals surface area contributed by atoms with Crippen LogP contribution in [0.25, 0.3) is 0 Å². The molecule has 4 bridgehead atoms. The number of aromatic nitrogens is 1. The van der Waals surface area contributed by atoms with Gasteiger partial charge >= 0.3 is 0 Å². The van der Waals surface area contributed by atoms with Gasteiger partial charge in [-0.25, -0.2) is 22.9 Å². The van der Waals surface area contributed by atoms with Crippen LogP contribution >= 0.6 is 0 Å². The largest absolute Gasteiger partial charge is 0.390 e. The lowest BCUT2D eigenvalue weighted by Gasteiger charge is -2.58. The minimum absolute atomic E-state index is 0.0145. The van der Waals surface area contributed by atoms with Crippen LogP contribution in [0.2, 0.25) is 0 Å². The minimum atomic E-state index is -4.12. The van der Waals surface area contributed by atoms with E-state index < -0.39 is 26.3 Å². The third-order valence-electron chi connectivity index (χ3n) is 9.01. The molecule has 0 radical (unpaired) electrons. The SMILES string of the molecule is C[C@@H]1CN(c2ccc(S(N)(=O)=O)c(F)c2)CCN1c1cccc(C(=O)NC2C3CC4CC2CC(O)(C4)C3)n1. The van der Waals surface area contributed by atoms with Crippen molar-refractivity contribution in [3.63, 3.8) is 0 Å². The molecule has 204 valence electrons. The van der Waals surface area contributed by atoms with Gasteiger partial charge in [-0.15, -0.1) is 0 Å². The number of sulfonamides is 1. The number of anilines is 2. The van der Waals surface area contributed by atoms with Crippen LogP contribution in [-0.4, -0.2) is 61.7 Å². The Morgan fingerprint density at radius 2 is 1.89 bits per heavy atom. The number of carbonyl (C=O) groups is 1. The van der Waals surface area contributed by atoms with Gasteiger partial charge in [-0.1, -0.05) is 6.07 Å². The first-order valence-corrected chi connectivity index (χ1v) is 14.9. The summed E-state index contributed by atoms with van der Waals surface area (Å²) in [5.41, 5.74) is 0.428. The summed E-state index contributed by atoms with van der Waals surface area (Å²) in [6.45, 7) is 3.79. The van der Waals surface area contributed by atoms with Crippen molar-refractivity contribution in [2.45, 2.75) is 61.6 Å². The fourth-order valence-electron chi connectivity index (χ4n) is 7.60. The van der Waals surface area contributed by atoms with Gasteiger partial charge in [0.1, 0.15) is 22.2 Å². The zero-order valence-corrected chi connectivity index (χ0v) is 22.2. The molecule has 1 saturated heterocycles. The number of nitrogens with one attached hydrogen (secondary N) is 1. The maximum Gasteiger partial charge on any atom is 0.270 e. The Balaban J connectivity index is 1.12. The Morgan fingerprint density at radius 1 is 1.16 bits per heavy atom. The Bertz CT molecular complexity index is 1350. The van der Waals surface area contributed by atoms with E-state index in [0.29, 0.717) is 54.6 Å². The van der Waals surface area contributed by atoms with E-state index in [2.05, 4.69) is 10.2 Å². The topological polar surface area (TPSA) is 129 Å². The van der Waals surface area contributed by atoms with Gasteiger partial charge in [-0.05, 0) is 87.1 Å². The Labute approximate surface area is 222 Å². The maximum atomic E-state index is 14.4. The molecule has 2 unspecified atom stereocenters. The summed E-state index contributed by atoms with van der Waals surface area (Å²) >= 11 is 0. The molecule has 5 aliphatic rings. The van der Waals surface area contributed by atoms with Crippen molar-refractivity contribution in [3.8, 4) is 0 Å². The van der Waals surface area contributed by atoms with Gasteiger partial charge in [-0.2, -0.15) is 0 Å². The predicted octanol–water partition coefficient (Wildman–Crippen LogP) is 2.25. The number of primary sulfonamides is 1. The number of carbonyl (C=O) groups excluding carboxylic acids is 1. The van der Waals surface area contributed by atoms with Crippen molar-refractivity contribution in [1.29, 1.82) is 0 Å². The zero-order chi connectivity index (χ0) is 26.8. The average molecular weight is 544 g/mol. The highest BCUT2D eigenvalue weighted by Crippen LogP contribution is 2.55. The molecule has 5 fully saturated rings. The molecule has 1 aliphatic heterocycles. The Morgan fingerprint density at radius 3 is 2.53 bits per heavy atom. The minimum Gasteiger partial charge on any atom is -0.390 e. The number of nitrogens with two attached hydrogens (primary N) is 1. The number of hydrogen-bond acceptors (Lipinski definition) is 7. The number of benzene rings is 1. The van der Waals surface area contributed by atoms with Crippen molar-refractivity contribution in [1.82, 2.24) is 10.3 Å². The van der Waals surface area contributed by atoms with Crippen molar-refractivity contribution in [2.75, 3.05) is 29.4 Å². The van der Waals surface area contributed by atoms with Crippen LogP contribution in [0.1, 0.15) is 49.5 Å². The molecule has 0 spiro atoms. The van der Waals surface area contributed by atoms with Crippen LogP contribution in [0.3, 0.4) is 0 Å². The number of rotatable bonds is 5. The molecule has 2 aromatic rings. The highest BCUT2D eigenvalue weighted by molar-refractivity contribution is 7.89. The van der Waals surface area contributed by atoms with E-state index in [0.717, 1.165) is 32.1 Å². The smallest absolute Gasteiger partial charge is 0.270 e. The van der Waals surface area contributed by atoms with E-state index in [1.807, 2.05) is 24.0 Å². The van der Waals surface area contributed by atoms with Crippen LogP contribution in [0.15, 0.2) is 41.3 Å². The van der Waals surface area contributed by atoms with Crippen LogP contribution in [0.4, 0.5) is 15.9 Å². The molecule has 3 atom stereocenters. The lowest BCUT2D eigenvalue weighted by Crippen LogP contribution is -2.61. The van der Waals surface area contributed by atoms with Crippen LogP contribution in [-0.2, 0) is 10.0 Å². The number of amides is 1. The zero-order valence-electron chi connectivity index (χ0n) is 21.4. The summed E-state index contributed by atoms with van der Waals surface area (Å²) < 4.78 is 37.4. The summed E-state index contributed by atoms with van der Waals surface area (Å²) in [6.07, 6.45) is 4.61. The average Bonchev–Trinajstić information content (AvgIpc) is 2.84. The molecule has 4 N–H and O–H groups in total. The molecule has 9 nitrogen and oxygen atoms in total. The Hall–Kier alpha value is -2.76. The molecule has 4 aliphatic carbocycles. The molecule has 1 amide bonds. The highest BCUT2D eigenvalue weighted by Gasteiger charge is 2.55. The predicted molar refractivity (Wildman–Crippen MR) is 141 cm³/mol. The van der Waals surface area contributed by atoms with E-state index in [4.69, 9.17) is 10.1 Å². The van der Waals surface area contributed by atoms with Crippen molar-refractivity contribution >= 4 is 27.4 Å². The standard InChI is InChI=1S/C27H34FN5O4S/c1-16-15-32(20-5-6-23(21(28)11-20)38(29,36)37)7-8-33(16)24-4-2-3-22(30-24)26(34)31-25-18-9-17-10-19(25)14-27(35,12-17)13-18/h2-6,11,16-19,25,35H,7-10,12-15H2,1H3,(H,31,34)(H2,29,36,37)/t16-,17?,18?,19?,25?,27?/m1/s1. The molecular formula is C27H34FN5O4S. The number of hydrogen-bond donors (Lipinski definition) is 3. The van der Waals surface area contributed by atoms with Gasteiger partial charge in [0.05, 0.1) is 5.60 Å². The second-order valence-electron chi connectivity index (χ2n) is 11.7. The molecule has 38 heavy (non-hydrogen) atoms.